The summed E-state index contributed by atoms with van der Waals surface area (Å²) >= 11 is 3.07. The van der Waals surface area contributed by atoms with Crippen LogP contribution in [0.4, 0.5) is 0 Å². The third-order valence-corrected chi connectivity index (χ3v) is 1.62. The second-order valence-electron chi connectivity index (χ2n) is 2.18. The van der Waals surface area contributed by atoms with Gasteiger partial charge in [-0.2, -0.15) is 5.26 Å². The van der Waals surface area contributed by atoms with Crippen molar-refractivity contribution in [2.24, 2.45) is 0 Å². The number of nitriles is 1. The summed E-state index contributed by atoms with van der Waals surface area (Å²) in [5.41, 5.74) is 0. The first-order valence-electron chi connectivity index (χ1n) is 3.55. The molecule has 0 saturated heterocycles. The first-order chi connectivity index (χ1) is 5.70. The molecule has 0 aliphatic heterocycles. The van der Waals surface area contributed by atoms with E-state index in [0.29, 0.717) is 25.0 Å². The molecule has 0 atom stereocenters. The van der Waals surface area contributed by atoms with E-state index in [4.69, 9.17) is 10.00 Å². The first-order valence-corrected chi connectivity index (χ1v) is 4.47. The molecule has 0 aromatic heterocycles. The Bertz CT molecular complexity index is 218. The molecule has 0 radical (unpaired) electrons. The van der Waals surface area contributed by atoms with Gasteiger partial charge in [0, 0.05) is 24.8 Å². The number of carbonyl (C=O) groups excluding carboxylic acids is 1. The molecule has 0 bridgehead atoms. The summed E-state index contributed by atoms with van der Waals surface area (Å²) in [4.78, 5) is 12.1. The third-order valence-electron chi connectivity index (χ3n) is 1.11. The van der Waals surface area contributed by atoms with Crippen LogP contribution >= 0.6 is 15.9 Å². The Kier molecular flexibility index (Phi) is 6.39. The summed E-state index contributed by atoms with van der Waals surface area (Å²) < 4.78 is 4.81. The number of rotatable bonds is 4. The molecule has 0 aromatic carbocycles. The summed E-state index contributed by atoms with van der Waals surface area (Å²) in [5.74, 6) is 0.232. The SMILES string of the molecule is CC(=O)O/C(=C\Br)CCCC#N. The number of carbonyl (C=O) groups is 1. The first kappa shape index (κ1) is 11.2. The largest absolute Gasteiger partial charge is 0.431 e. The van der Waals surface area contributed by atoms with Crippen molar-refractivity contribution in [2.75, 3.05) is 0 Å². The topological polar surface area (TPSA) is 50.1 Å². The van der Waals surface area contributed by atoms with Gasteiger partial charge in [0.15, 0.2) is 0 Å². The Morgan fingerprint density at radius 2 is 2.42 bits per heavy atom. The van der Waals surface area contributed by atoms with Crippen molar-refractivity contribution in [3.8, 4) is 6.07 Å². The predicted molar refractivity (Wildman–Crippen MR) is 48.2 cm³/mol. The molecule has 4 heteroatoms. The number of hydrogen-bond donors (Lipinski definition) is 0. The standard InChI is InChI=1S/C8H10BrNO2/c1-7(11)12-8(6-9)4-2-3-5-10/h6H,2-4H2,1H3/b8-6-. The van der Waals surface area contributed by atoms with Crippen LogP contribution in [0.1, 0.15) is 26.2 Å². The van der Waals surface area contributed by atoms with E-state index in [0.717, 1.165) is 0 Å². The van der Waals surface area contributed by atoms with Gasteiger partial charge in [-0.05, 0) is 6.42 Å². The van der Waals surface area contributed by atoms with E-state index >= 15 is 0 Å². The molecule has 0 heterocycles. The Labute approximate surface area is 80.1 Å². The van der Waals surface area contributed by atoms with E-state index in [-0.39, 0.29) is 5.97 Å². The number of halogens is 1. The van der Waals surface area contributed by atoms with Gasteiger partial charge in [0.05, 0.1) is 6.07 Å². The van der Waals surface area contributed by atoms with E-state index in [9.17, 15) is 4.79 Å². The summed E-state index contributed by atoms with van der Waals surface area (Å²) in [6.45, 7) is 1.35. The summed E-state index contributed by atoms with van der Waals surface area (Å²) in [5, 5.41) is 8.24. The molecule has 0 N–H and O–H groups in total. The Hall–Kier alpha value is -0.820. The molecule has 0 fully saturated rings. The van der Waals surface area contributed by atoms with E-state index in [1.807, 2.05) is 6.07 Å². The monoisotopic (exact) mass is 231 g/mol. The number of unbranched alkanes of at least 4 members (excludes halogenated alkanes) is 1. The van der Waals surface area contributed by atoms with Crippen LogP contribution in [0.25, 0.3) is 0 Å². The normalized spacial score (nSPS) is 10.6. The lowest BCUT2D eigenvalue weighted by molar-refractivity contribution is -0.137. The maximum Gasteiger partial charge on any atom is 0.307 e. The minimum absolute atomic E-state index is 0.336. The minimum Gasteiger partial charge on any atom is -0.431 e. The minimum atomic E-state index is -0.336. The van der Waals surface area contributed by atoms with Crippen molar-refractivity contribution >= 4 is 21.9 Å². The fourth-order valence-corrected chi connectivity index (χ4v) is 0.977. The second-order valence-corrected chi connectivity index (χ2v) is 2.64. The van der Waals surface area contributed by atoms with Crippen molar-refractivity contribution in [1.29, 1.82) is 5.26 Å². The summed E-state index contributed by atoms with van der Waals surface area (Å²) in [6.07, 6.45) is 1.80. The Morgan fingerprint density at radius 1 is 1.75 bits per heavy atom. The zero-order valence-electron chi connectivity index (χ0n) is 6.84. The molecule has 66 valence electrons. The zero-order valence-corrected chi connectivity index (χ0v) is 8.43. The number of ether oxygens (including phenoxy) is 1. The van der Waals surface area contributed by atoms with Gasteiger partial charge in [-0.3, -0.25) is 4.79 Å². The highest BCUT2D eigenvalue weighted by molar-refractivity contribution is 9.11. The Morgan fingerprint density at radius 3 is 2.83 bits per heavy atom. The van der Waals surface area contributed by atoms with Gasteiger partial charge >= 0.3 is 5.97 Å². The molecule has 0 unspecified atom stereocenters. The van der Waals surface area contributed by atoms with E-state index in [1.165, 1.54) is 6.92 Å². The van der Waals surface area contributed by atoms with Crippen LogP contribution in [-0.4, -0.2) is 5.97 Å². The third kappa shape index (κ3) is 5.93. The molecule has 0 spiro atoms. The number of hydrogen-bond acceptors (Lipinski definition) is 3. The van der Waals surface area contributed by atoms with Crippen LogP contribution in [0.2, 0.25) is 0 Å². The van der Waals surface area contributed by atoms with Gasteiger partial charge in [-0.1, -0.05) is 15.9 Å². The van der Waals surface area contributed by atoms with Gasteiger partial charge < -0.3 is 4.74 Å². The average Bonchev–Trinajstić information content (AvgIpc) is 2.02. The van der Waals surface area contributed by atoms with E-state index in [1.54, 1.807) is 4.99 Å². The molecular formula is C8H10BrNO2. The average molecular weight is 232 g/mol. The summed E-state index contributed by atoms with van der Waals surface area (Å²) in [6, 6.07) is 2.02. The van der Waals surface area contributed by atoms with Crippen molar-refractivity contribution in [1.82, 2.24) is 0 Å². The summed E-state index contributed by atoms with van der Waals surface area (Å²) in [7, 11) is 0. The van der Waals surface area contributed by atoms with Gasteiger partial charge in [0.1, 0.15) is 5.76 Å². The maximum atomic E-state index is 10.5. The quantitative estimate of drug-likeness (QED) is 0.425. The highest BCUT2D eigenvalue weighted by Crippen LogP contribution is 2.10. The molecule has 0 aliphatic carbocycles. The van der Waals surface area contributed by atoms with Gasteiger partial charge in [-0.25, -0.2) is 0 Å². The molecule has 0 saturated carbocycles. The maximum absolute atomic E-state index is 10.5. The van der Waals surface area contributed by atoms with Crippen LogP contribution < -0.4 is 0 Å². The molecule has 0 aliphatic rings. The highest BCUT2D eigenvalue weighted by atomic mass is 79.9. The van der Waals surface area contributed by atoms with Gasteiger partial charge in [-0.15, -0.1) is 0 Å². The van der Waals surface area contributed by atoms with Crippen molar-refractivity contribution < 1.29 is 9.53 Å². The molecule has 0 rings (SSSR count). The van der Waals surface area contributed by atoms with Crippen molar-refractivity contribution in [2.45, 2.75) is 26.2 Å². The fourth-order valence-electron chi connectivity index (χ4n) is 0.654. The lowest BCUT2D eigenvalue weighted by Gasteiger charge is -2.03. The van der Waals surface area contributed by atoms with Gasteiger partial charge in [0.2, 0.25) is 0 Å². The molecular weight excluding hydrogens is 222 g/mol. The number of esters is 1. The number of nitrogens with zero attached hydrogens (tertiary/aromatic N) is 1. The van der Waals surface area contributed by atoms with Crippen LogP contribution in [0, 0.1) is 11.3 Å². The smallest absolute Gasteiger partial charge is 0.307 e. The Balaban J connectivity index is 3.71. The lowest BCUT2D eigenvalue weighted by Crippen LogP contribution is -1.98. The second kappa shape index (κ2) is 6.86. The number of allylic oxidation sites excluding steroid dienone is 1. The lowest BCUT2D eigenvalue weighted by atomic mass is 10.2. The molecule has 0 aromatic rings. The van der Waals surface area contributed by atoms with E-state index < -0.39 is 0 Å². The fraction of sp³-hybridized carbons (Fsp3) is 0.500. The van der Waals surface area contributed by atoms with Crippen LogP contribution in [0.3, 0.4) is 0 Å². The predicted octanol–water partition coefficient (Wildman–Crippen LogP) is 2.48. The van der Waals surface area contributed by atoms with Crippen molar-refractivity contribution in [3.05, 3.63) is 10.7 Å². The van der Waals surface area contributed by atoms with E-state index in [2.05, 4.69) is 15.9 Å². The molecule has 12 heavy (non-hydrogen) atoms. The van der Waals surface area contributed by atoms with Crippen LogP contribution in [-0.2, 0) is 9.53 Å². The van der Waals surface area contributed by atoms with Gasteiger partial charge in [0.25, 0.3) is 0 Å². The van der Waals surface area contributed by atoms with Crippen LogP contribution in [0.15, 0.2) is 10.7 Å². The van der Waals surface area contributed by atoms with Crippen LogP contribution in [0.5, 0.6) is 0 Å². The molecule has 0 amide bonds. The molecule has 3 nitrogen and oxygen atoms in total. The van der Waals surface area contributed by atoms with Crippen molar-refractivity contribution in [3.63, 3.8) is 0 Å². The zero-order chi connectivity index (χ0) is 9.40. The highest BCUT2D eigenvalue weighted by Gasteiger charge is 2.00.